The van der Waals surface area contributed by atoms with Gasteiger partial charge in [0.25, 0.3) is 0 Å². The van der Waals surface area contributed by atoms with Crippen LogP contribution in [0.2, 0.25) is 0 Å². The number of ether oxygens (including phenoxy) is 2. The second-order valence-electron chi connectivity index (χ2n) is 5.56. The molecule has 0 N–H and O–H groups in total. The van der Waals surface area contributed by atoms with Crippen LogP contribution in [0, 0.1) is 5.82 Å². The normalized spacial score (nSPS) is 16.6. The van der Waals surface area contributed by atoms with Crippen molar-refractivity contribution in [3.8, 4) is 11.6 Å². The average molecular weight is 367 g/mol. The highest BCUT2D eigenvalue weighted by Crippen LogP contribution is 2.29. The molecular weight excluding hydrogens is 349 g/mol. The van der Waals surface area contributed by atoms with Crippen molar-refractivity contribution in [1.29, 1.82) is 0 Å². The Balaban J connectivity index is 1.71. The summed E-state index contributed by atoms with van der Waals surface area (Å²) in [6.45, 7) is 0.542. The molecule has 1 aromatic carbocycles. The zero-order chi connectivity index (χ0) is 17.9. The topological polar surface area (TPSA) is 81.6 Å². The van der Waals surface area contributed by atoms with Gasteiger partial charge >= 0.3 is 0 Å². The number of halogens is 1. The van der Waals surface area contributed by atoms with Gasteiger partial charge in [-0.1, -0.05) is 0 Å². The molecule has 2 aromatic rings. The number of hydrogen-bond donors (Lipinski definition) is 0. The summed E-state index contributed by atoms with van der Waals surface area (Å²) >= 11 is 0. The second kappa shape index (κ2) is 7.32. The maximum Gasteiger partial charge on any atom is 0.246 e. The monoisotopic (exact) mass is 367 g/mol. The third kappa shape index (κ3) is 3.88. The minimum absolute atomic E-state index is 0.124. The fraction of sp³-hybridized carbons (Fsp3) is 0.375. The molecule has 9 heteroatoms. The van der Waals surface area contributed by atoms with Gasteiger partial charge in [0.05, 0.1) is 13.3 Å². The lowest BCUT2D eigenvalue weighted by Gasteiger charge is -2.31. The zero-order valence-corrected chi connectivity index (χ0v) is 14.4. The Morgan fingerprint density at radius 3 is 2.64 bits per heavy atom. The van der Waals surface area contributed by atoms with Gasteiger partial charge in [-0.05, 0) is 31.0 Å². The first-order chi connectivity index (χ1) is 12.0. The van der Waals surface area contributed by atoms with Crippen molar-refractivity contribution in [2.24, 2.45) is 0 Å². The fourth-order valence-electron chi connectivity index (χ4n) is 2.70. The van der Waals surface area contributed by atoms with E-state index in [-0.39, 0.29) is 29.8 Å². The lowest BCUT2D eigenvalue weighted by molar-refractivity contribution is 0.129. The van der Waals surface area contributed by atoms with E-state index in [1.54, 1.807) is 6.20 Å². The van der Waals surface area contributed by atoms with E-state index in [1.165, 1.54) is 35.9 Å². The van der Waals surface area contributed by atoms with Crippen LogP contribution >= 0.6 is 0 Å². The lowest BCUT2D eigenvalue weighted by Crippen LogP contribution is -2.41. The summed E-state index contributed by atoms with van der Waals surface area (Å²) in [7, 11) is -2.48. The number of aromatic nitrogens is 2. The van der Waals surface area contributed by atoms with E-state index in [1.807, 2.05) is 0 Å². The van der Waals surface area contributed by atoms with Crippen LogP contribution < -0.4 is 9.47 Å². The number of methoxy groups -OCH3 is 1. The number of nitrogens with zero attached hydrogens (tertiary/aromatic N) is 3. The summed E-state index contributed by atoms with van der Waals surface area (Å²) in [4.78, 5) is 7.81. The molecule has 25 heavy (non-hydrogen) atoms. The summed E-state index contributed by atoms with van der Waals surface area (Å²) in [6, 6.07) is 3.46. The van der Waals surface area contributed by atoms with Crippen LogP contribution in [0.3, 0.4) is 0 Å². The van der Waals surface area contributed by atoms with Crippen molar-refractivity contribution < 1.29 is 22.3 Å². The molecule has 0 amide bonds. The van der Waals surface area contributed by atoms with Gasteiger partial charge in [-0.2, -0.15) is 4.31 Å². The Kier molecular flexibility index (Phi) is 5.14. The Hall–Kier alpha value is -2.26. The molecule has 0 unspecified atom stereocenters. The molecule has 7 nitrogen and oxygen atoms in total. The Bertz CT molecular complexity index is 825. The van der Waals surface area contributed by atoms with Gasteiger partial charge in [-0.3, -0.25) is 4.98 Å². The van der Waals surface area contributed by atoms with Crippen LogP contribution in [0.25, 0.3) is 0 Å². The van der Waals surface area contributed by atoms with Crippen molar-refractivity contribution in [2.45, 2.75) is 23.8 Å². The van der Waals surface area contributed by atoms with E-state index < -0.39 is 15.8 Å². The van der Waals surface area contributed by atoms with Gasteiger partial charge < -0.3 is 9.47 Å². The van der Waals surface area contributed by atoms with Crippen molar-refractivity contribution in [3.63, 3.8) is 0 Å². The Labute approximate surface area is 145 Å². The molecule has 0 bridgehead atoms. The number of sulfonamides is 1. The largest absolute Gasteiger partial charge is 0.495 e. The molecule has 134 valence electrons. The molecule has 1 aliphatic heterocycles. The molecule has 3 rings (SSSR count). The lowest BCUT2D eigenvalue weighted by atomic mass is 10.1. The number of benzene rings is 1. The van der Waals surface area contributed by atoms with Gasteiger partial charge in [-0.15, -0.1) is 0 Å². The standard InChI is InChI=1S/C16H18FN3O4S/c1-23-14-3-2-12(17)10-15(14)25(21,22)20-8-4-13(5-9-20)24-16-11-18-6-7-19-16/h2-3,6-7,10-11,13H,4-5,8-9H2,1H3. The second-order valence-corrected chi connectivity index (χ2v) is 7.47. The van der Waals surface area contributed by atoms with Gasteiger partial charge in [0, 0.05) is 25.5 Å². The molecule has 0 saturated carbocycles. The summed E-state index contributed by atoms with van der Waals surface area (Å²) in [5, 5.41) is 0. The predicted molar refractivity (Wildman–Crippen MR) is 87.4 cm³/mol. The highest BCUT2D eigenvalue weighted by Gasteiger charge is 2.32. The minimum atomic E-state index is -3.84. The molecule has 0 spiro atoms. The van der Waals surface area contributed by atoms with Crippen LogP contribution in [-0.4, -0.2) is 49.0 Å². The van der Waals surface area contributed by atoms with Gasteiger partial charge in [0.1, 0.15) is 22.6 Å². The third-order valence-corrected chi connectivity index (χ3v) is 5.89. The zero-order valence-electron chi connectivity index (χ0n) is 13.6. The summed E-state index contributed by atoms with van der Waals surface area (Å²) < 4.78 is 51.2. The van der Waals surface area contributed by atoms with Crippen LogP contribution in [0.5, 0.6) is 11.6 Å². The summed E-state index contributed by atoms with van der Waals surface area (Å²) in [5.41, 5.74) is 0. The van der Waals surface area contributed by atoms with Gasteiger partial charge in [0.15, 0.2) is 0 Å². The van der Waals surface area contributed by atoms with Crippen molar-refractivity contribution in [3.05, 3.63) is 42.6 Å². The van der Waals surface area contributed by atoms with Crippen molar-refractivity contribution in [1.82, 2.24) is 14.3 Å². The smallest absolute Gasteiger partial charge is 0.246 e. The first-order valence-electron chi connectivity index (χ1n) is 7.77. The van der Waals surface area contributed by atoms with E-state index >= 15 is 0 Å². The van der Waals surface area contributed by atoms with Crippen molar-refractivity contribution >= 4 is 10.0 Å². The molecule has 0 aliphatic carbocycles. The molecule has 0 radical (unpaired) electrons. The molecule has 1 aliphatic rings. The number of hydrogen-bond acceptors (Lipinski definition) is 6. The van der Waals surface area contributed by atoms with Crippen LogP contribution in [0.4, 0.5) is 4.39 Å². The van der Waals surface area contributed by atoms with Crippen LogP contribution in [0.1, 0.15) is 12.8 Å². The van der Waals surface area contributed by atoms with E-state index in [9.17, 15) is 12.8 Å². The van der Waals surface area contributed by atoms with Gasteiger partial charge in [-0.25, -0.2) is 17.8 Å². The van der Waals surface area contributed by atoms with E-state index in [0.29, 0.717) is 18.7 Å². The molecule has 1 aromatic heterocycles. The van der Waals surface area contributed by atoms with Crippen LogP contribution in [0.15, 0.2) is 41.7 Å². The SMILES string of the molecule is COc1ccc(F)cc1S(=O)(=O)N1CCC(Oc2cnccn2)CC1. The first kappa shape index (κ1) is 17.6. The highest BCUT2D eigenvalue weighted by molar-refractivity contribution is 7.89. The molecule has 2 heterocycles. The number of piperidine rings is 1. The number of rotatable bonds is 5. The molecule has 1 fully saturated rings. The van der Waals surface area contributed by atoms with E-state index in [2.05, 4.69) is 9.97 Å². The fourth-order valence-corrected chi connectivity index (χ4v) is 4.34. The predicted octanol–water partition coefficient (Wildman–Crippen LogP) is 1.86. The van der Waals surface area contributed by atoms with E-state index in [0.717, 1.165) is 6.07 Å². The molecular formula is C16H18FN3O4S. The van der Waals surface area contributed by atoms with Gasteiger partial charge in [0.2, 0.25) is 15.9 Å². The van der Waals surface area contributed by atoms with E-state index in [4.69, 9.17) is 9.47 Å². The van der Waals surface area contributed by atoms with Crippen molar-refractivity contribution in [2.75, 3.05) is 20.2 Å². The Morgan fingerprint density at radius 1 is 1.24 bits per heavy atom. The molecule has 1 saturated heterocycles. The van der Waals surface area contributed by atoms with Crippen LogP contribution in [-0.2, 0) is 10.0 Å². The summed E-state index contributed by atoms with van der Waals surface area (Å²) in [5.74, 6) is -0.0878. The molecule has 0 atom stereocenters. The average Bonchev–Trinajstić information content (AvgIpc) is 2.63. The summed E-state index contributed by atoms with van der Waals surface area (Å²) in [6.07, 6.45) is 5.47. The maximum atomic E-state index is 13.5. The maximum absolute atomic E-state index is 13.5. The Morgan fingerprint density at radius 2 is 2.00 bits per heavy atom. The minimum Gasteiger partial charge on any atom is -0.495 e. The quantitative estimate of drug-likeness (QED) is 0.802. The highest BCUT2D eigenvalue weighted by atomic mass is 32.2. The first-order valence-corrected chi connectivity index (χ1v) is 9.21. The third-order valence-electron chi connectivity index (χ3n) is 3.97.